The molecule has 0 saturated heterocycles. The van der Waals surface area contributed by atoms with Gasteiger partial charge < -0.3 is 28.8 Å². The van der Waals surface area contributed by atoms with Gasteiger partial charge in [-0.1, -0.05) is 225 Å². The normalized spacial score (nSPS) is 12.8. The molecule has 10 aromatic carbocycles. The number of aromatic nitrogens is 2. The molecule has 0 aliphatic carbocycles. The first-order valence-electron chi connectivity index (χ1n) is 34.5. The number of hydrogen-bond donors (Lipinski definition) is 2. The SMILES string of the molecule is Cc1ccc2c3ccc([Si](C)(C)c4ccccc4)cc3n(-c3cc(C(C)(C)CC(C)(C)C)cc(-c4cc(F)cc(C)c4OCCCOc4c(C)cc(F)cc4-c4cc(C(C)(C)CC(C)(C)C)cc(-n5c6cc(C)ccc6c6ccc([Si](C)(C)c7ccccc7)cc65)c4O)c3O)c2c1. The molecule has 97 heavy (non-hydrogen) atoms. The van der Waals surface area contributed by atoms with E-state index < -0.39 is 38.6 Å². The van der Waals surface area contributed by atoms with Crippen molar-refractivity contribution in [3.63, 3.8) is 0 Å². The van der Waals surface area contributed by atoms with Gasteiger partial charge in [0.2, 0.25) is 0 Å². The fourth-order valence-electron chi connectivity index (χ4n) is 15.9. The third kappa shape index (κ3) is 13.2. The predicted molar refractivity (Wildman–Crippen MR) is 411 cm³/mol. The molecule has 0 aliphatic rings. The van der Waals surface area contributed by atoms with Crippen LogP contribution in [0.4, 0.5) is 8.78 Å². The number of nitrogens with zero attached hydrogens (tertiary/aromatic N) is 2. The van der Waals surface area contributed by atoms with Crippen molar-refractivity contribution in [3.05, 3.63) is 227 Å². The van der Waals surface area contributed by atoms with E-state index in [9.17, 15) is 10.2 Å². The molecule has 0 aliphatic heterocycles. The van der Waals surface area contributed by atoms with E-state index in [4.69, 9.17) is 9.47 Å². The second-order valence-electron chi connectivity index (χ2n) is 32.4. The van der Waals surface area contributed by atoms with Crippen LogP contribution in [0.5, 0.6) is 23.0 Å². The van der Waals surface area contributed by atoms with Gasteiger partial charge in [0.05, 0.1) is 46.7 Å². The van der Waals surface area contributed by atoms with Crippen LogP contribution in [-0.2, 0) is 10.8 Å². The lowest BCUT2D eigenvalue weighted by Gasteiger charge is -2.34. The van der Waals surface area contributed by atoms with E-state index >= 15 is 8.78 Å². The number of hydrogen-bond acceptors (Lipinski definition) is 4. The molecular weight excluding hydrogens is 1230 g/mol. The molecule has 6 nitrogen and oxygen atoms in total. The maximum absolute atomic E-state index is 16.4. The molecule has 2 aromatic heterocycles. The lowest BCUT2D eigenvalue weighted by Crippen LogP contribution is -2.52. The van der Waals surface area contributed by atoms with Crippen molar-refractivity contribution in [2.24, 2.45) is 10.8 Å². The zero-order valence-electron chi connectivity index (χ0n) is 60.2. The number of aryl methyl sites for hydroxylation is 4. The summed E-state index contributed by atoms with van der Waals surface area (Å²) in [7, 11) is -4.42. The van der Waals surface area contributed by atoms with Crippen molar-refractivity contribution >= 4 is 80.5 Å². The van der Waals surface area contributed by atoms with Gasteiger partial charge in [-0.3, -0.25) is 0 Å². The van der Waals surface area contributed by atoms with E-state index in [0.717, 1.165) is 78.7 Å². The molecule has 0 spiro atoms. The third-order valence-electron chi connectivity index (χ3n) is 20.3. The Kier molecular flexibility index (Phi) is 17.8. The molecule has 10 heteroatoms. The number of ether oxygens (including phenoxy) is 2. The first-order chi connectivity index (χ1) is 45.6. The van der Waals surface area contributed by atoms with Gasteiger partial charge in [0.25, 0.3) is 0 Å². The summed E-state index contributed by atoms with van der Waals surface area (Å²) < 4.78 is 50.9. The number of phenols is 2. The average Bonchev–Trinajstić information content (AvgIpc) is 1.62. The molecule has 12 aromatic rings. The second kappa shape index (κ2) is 25.3. The van der Waals surface area contributed by atoms with E-state index in [0.29, 0.717) is 62.7 Å². The fourth-order valence-corrected chi connectivity index (χ4v) is 20.6. The molecule has 0 bridgehead atoms. The van der Waals surface area contributed by atoms with Crippen LogP contribution >= 0.6 is 0 Å². The highest BCUT2D eigenvalue weighted by atomic mass is 28.3. The third-order valence-corrected chi connectivity index (χ3v) is 27.4. The Morgan fingerprint density at radius 1 is 0.381 bits per heavy atom. The van der Waals surface area contributed by atoms with E-state index in [1.165, 1.54) is 45.0 Å². The molecule has 2 heterocycles. The van der Waals surface area contributed by atoms with Crippen LogP contribution in [0.25, 0.3) is 77.2 Å². The lowest BCUT2D eigenvalue weighted by atomic mass is 9.71. The number of phenolic OH excluding ortho intramolecular Hbond substituents is 2. The Morgan fingerprint density at radius 3 is 1.07 bits per heavy atom. The lowest BCUT2D eigenvalue weighted by molar-refractivity contribution is 0.246. The highest BCUT2D eigenvalue weighted by molar-refractivity contribution is 7.01. The molecule has 0 atom stereocenters. The number of aromatic hydroxyl groups is 2. The summed E-state index contributed by atoms with van der Waals surface area (Å²) in [4.78, 5) is 0. The van der Waals surface area contributed by atoms with Gasteiger partial charge in [0, 0.05) is 50.2 Å². The van der Waals surface area contributed by atoms with Gasteiger partial charge in [-0.15, -0.1) is 0 Å². The molecule has 500 valence electrons. The van der Waals surface area contributed by atoms with Gasteiger partial charge >= 0.3 is 0 Å². The Labute approximate surface area is 575 Å². The zero-order valence-corrected chi connectivity index (χ0v) is 62.2. The Hall–Kier alpha value is -8.71. The van der Waals surface area contributed by atoms with Crippen molar-refractivity contribution in [3.8, 4) is 56.6 Å². The smallest absolute Gasteiger partial charge is 0.147 e. The van der Waals surface area contributed by atoms with Gasteiger partial charge in [0.15, 0.2) is 0 Å². The summed E-state index contributed by atoms with van der Waals surface area (Å²) in [6.07, 6.45) is 2.04. The summed E-state index contributed by atoms with van der Waals surface area (Å²) in [6.45, 7) is 40.3. The quantitative estimate of drug-likeness (QED) is 0.0664. The number of fused-ring (bicyclic) bond motifs is 6. The van der Waals surface area contributed by atoms with Crippen molar-refractivity contribution in [1.82, 2.24) is 9.13 Å². The minimum atomic E-state index is -2.21. The van der Waals surface area contributed by atoms with Crippen molar-refractivity contribution < 1.29 is 28.5 Å². The molecule has 0 saturated carbocycles. The van der Waals surface area contributed by atoms with Crippen LogP contribution in [0.3, 0.4) is 0 Å². The van der Waals surface area contributed by atoms with Gasteiger partial charge in [-0.25, -0.2) is 8.78 Å². The van der Waals surface area contributed by atoms with Crippen LogP contribution in [-0.4, -0.2) is 48.7 Å². The summed E-state index contributed by atoms with van der Waals surface area (Å²) in [5.41, 5.74) is 11.4. The van der Waals surface area contributed by atoms with Crippen LogP contribution < -0.4 is 30.2 Å². The molecular formula is C87H96F2N2O4Si2. The molecule has 2 N–H and O–H groups in total. The van der Waals surface area contributed by atoms with Crippen LogP contribution in [0.2, 0.25) is 26.2 Å². The highest BCUT2D eigenvalue weighted by Crippen LogP contribution is 2.50. The molecule has 0 unspecified atom stereocenters. The minimum Gasteiger partial charge on any atom is -0.505 e. The standard InChI is InChI=1S/C87H96F2N2O4Si2/c1-54-30-34-66-68-36-32-64(96(15,16)62-26-21-19-22-27-62)50-76(68)90(74(66)40-54)78-46-58(86(11,12)52-84(5,6)7)44-70(80(78)92)72-48-60(88)42-56(3)82(72)94-38-25-39-95-83-57(4)43-61(89)49-73(83)71-45-59(87(13,14)53-85(8,9)10)47-79(81(71)93)91-75-41-55(2)31-35-67(75)69-37-33-65(51-77(69)91)97(17,18)63-28-23-20-24-29-63/h19-24,26-37,40-51,92-93H,25,38-39,52-53H2,1-18H3. The maximum Gasteiger partial charge on any atom is 0.147 e. The monoisotopic (exact) mass is 1330 g/mol. The Morgan fingerprint density at radius 2 is 0.722 bits per heavy atom. The van der Waals surface area contributed by atoms with Crippen LogP contribution in [0, 0.1) is 50.2 Å². The first-order valence-corrected chi connectivity index (χ1v) is 40.5. The van der Waals surface area contributed by atoms with E-state index in [2.05, 4.69) is 264 Å². The van der Waals surface area contributed by atoms with Gasteiger partial charge in [0.1, 0.15) is 50.8 Å². The predicted octanol–water partition coefficient (Wildman–Crippen LogP) is 21.1. The molecule has 0 radical (unpaired) electrons. The summed E-state index contributed by atoms with van der Waals surface area (Å²) in [6, 6.07) is 62.6. The van der Waals surface area contributed by atoms with Crippen LogP contribution in [0.15, 0.2) is 182 Å². The summed E-state index contributed by atoms with van der Waals surface area (Å²) >= 11 is 0. The van der Waals surface area contributed by atoms with Crippen molar-refractivity contribution in [1.29, 1.82) is 0 Å². The highest BCUT2D eigenvalue weighted by Gasteiger charge is 2.35. The number of benzene rings is 10. The number of rotatable bonds is 18. The number of halogens is 2. The van der Waals surface area contributed by atoms with E-state index in [-0.39, 0.29) is 35.5 Å². The topological polar surface area (TPSA) is 68.8 Å². The molecule has 0 fully saturated rings. The Bertz CT molecular complexity index is 4710. The van der Waals surface area contributed by atoms with Gasteiger partial charge in [-0.05, 0) is 168 Å². The summed E-state index contributed by atoms with van der Waals surface area (Å²) in [5, 5.41) is 36.0. The molecule has 0 amide bonds. The van der Waals surface area contributed by atoms with Crippen LogP contribution in [0.1, 0.15) is 122 Å². The Balaban J connectivity index is 0.937. The van der Waals surface area contributed by atoms with Crippen molar-refractivity contribution in [2.45, 2.75) is 153 Å². The molecule has 12 rings (SSSR count). The van der Waals surface area contributed by atoms with Gasteiger partial charge in [-0.2, -0.15) is 0 Å². The second-order valence-corrected chi connectivity index (χ2v) is 41.2. The maximum atomic E-state index is 16.4. The van der Waals surface area contributed by atoms with E-state index in [1.807, 2.05) is 26.0 Å². The van der Waals surface area contributed by atoms with Crippen molar-refractivity contribution in [2.75, 3.05) is 13.2 Å². The average molecular weight is 1330 g/mol. The first kappa shape index (κ1) is 68.2. The summed E-state index contributed by atoms with van der Waals surface area (Å²) in [5.74, 6) is 0.0418. The zero-order chi connectivity index (χ0) is 69.6. The fraction of sp³-hybridized carbons (Fsp3) is 0.310. The largest absolute Gasteiger partial charge is 0.505 e. The van der Waals surface area contributed by atoms with E-state index in [1.54, 1.807) is 0 Å². The minimum absolute atomic E-state index is 0.0158.